The van der Waals surface area contributed by atoms with Crippen LogP contribution in [0.15, 0.2) is 6.07 Å². The average Bonchev–Trinajstić information content (AvgIpc) is 1.99. The fourth-order valence-electron chi connectivity index (χ4n) is 0.980. The molecule has 3 N–H and O–H groups in total. The summed E-state index contributed by atoms with van der Waals surface area (Å²) >= 11 is 0. The van der Waals surface area contributed by atoms with Gasteiger partial charge in [0.05, 0.1) is 0 Å². The van der Waals surface area contributed by atoms with Crippen molar-refractivity contribution in [3.05, 3.63) is 11.9 Å². The number of ether oxygens (including phenoxy) is 1. The maximum Gasteiger partial charge on any atom is 0.219 e. The number of rotatable bonds is 2. The number of hydrazine groups is 1. The van der Waals surface area contributed by atoms with Crippen LogP contribution in [0.3, 0.4) is 0 Å². The zero-order chi connectivity index (χ0) is 10.8. The molecule has 1 aromatic heterocycles. The van der Waals surface area contributed by atoms with Gasteiger partial charge in [-0.1, -0.05) is 0 Å². The number of nitrogens with zero attached hydrogens (tertiary/aromatic N) is 2. The molecule has 0 saturated carbocycles. The summed E-state index contributed by atoms with van der Waals surface area (Å²) in [5.41, 5.74) is 2.19. The third kappa shape index (κ3) is 3.18. The van der Waals surface area contributed by atoms with Gasteiger partial charge in [0.1, 0.15) is 17.2 Å². The largest absolute Gasteiger partial charge is 0.472 e. The summed E-state index contributed by atoms with van der Waals surface area (Å²) < 4.78 is 5.58. The second-order valence-corrected chi connectivity index (χ2v) is 4.00. The Kier molecular flexibility index (Phi) is 2.90. The van der Waals surface area contributed by atoms with E-state index in [0.29, 0.717) is 17.5 Å². The lowest BCUT2D eigenvalue weighted by Crippen LogP contribution is -2.24. The van der Waals surface area contributed by atoms with Gasteiger partial charge in [0.2, 0.25) is 5.88 Å². The minimum atomic E-state index is -0.271. The van der Waals surface area contributed by atoms with Crippen LogP contribution in [0.5, 0.6) is 5.88 Å². The summed E-state index contributed by atoms with van der Waals surface area (Å²) in [5, 5.41) is 0. The predicted molar refractivity (Wildman–Crippen MR) is 55.0 cm³/mol. The molecule has 0 amide bonds. The minimum Gasteiger partial charge on any atom is -0.472 e. The Morgan fingerprint density at radius 3 is 2.50 bits per heavy atom. The summed E-state index contributed by atoms with van der Waals surface area (Å²) in [5.74, 6) is 6.96. The number of hydrogen-bond acceptors (Lipinski definition) is 5. The molecule has 0 radical (unpaired) electrons. The van der Waals surface area contributed by atoms with Crippen LogP contribution < -0.4 is 16.0 Å². The van der Waals surface area contributed by atoms with Gasteiger partial charge < -0.3 is 10.2 Å². The van der Waals surface area contributed by atoms with E-state index < -0.39 is 0 Å². The molecule has 0 unspecified atom stereocenters. The number of nitrogens with one attached hydrogen (secondary N) is 1. The van der Waals surface area contributed by atoms with Crippen LogP contribution in [0, 0.1) is 6.92 Å². The van der Waals surface area contributed by atoms with Crippen LogP contribution in [0.4, 0.5) is 5.82 Å². The first-order valence-electron chi connectivity index (χ1n) is 4.42. The zero-order valence-electron chi connectivity index (χ0n) is 8.96. The first-order valence-corrected chi connectivity index (χ1v) is 4.42. The van der Waals surface area contributed by atoms with E-state index in [1.54, 1.807) is 13.0 Å². The van der Waals surface area contributed by atoms with E-state index in [9.17, 15) is 0 Å². The lowest BCUT2D eigenvalue weighted by atomic mass is 10.2. The van der Waals surface area contributed by atoms with E-state index in [1.807, 2.05) is 20.8 Å². The van der Waals surface area contributed by atoms with Crippen molar-refractivity contribution in [1.82, 2.24) is 9.97 Å². The molecule has 1 rings (SSSR count). The van der Waals surface area contributed by atoms with Gasteiger partial charge in [0, 0.05) is 6.07 Å². The summed E-state index contributed by atoms with van der Waals surface area (Å²) in [4.78, 5) is 8.19. The second-order valence-electron chi connectivity index (χ2n) is 4.00. The van der Waals surface area contributed by atoms with E-state index >= 15 is 0 Å². The highest BCUT2D eigenvalue weighted by atomic mass is 16.5. The Morgan fingerprint density at radius 2 is 2.00 bits per heavy atom. The Labute approximate surface area is 83.7 Å². The molecule has 5 heteroatoms. The minimum absolute atomic E-state index is 0.271. The van der Waals surface area contributed by atoms with E-state index in [2.05, 4.69) is 15.4 Å². The van der Waals surface area contributed by atoms with Crippen molar-refractivity contribution < 1.29 is 4.74 Å². The molecule has 78 valence electrons. The van der Waals surface area contributed by atoms with Gasteiger partial charge in [-0.2, -0.15) is 4.98 Å². The van der Waals surface area contributed by atoms with E-state index in [-0.39, 0.29) is 5.60 Å². The topological polar surface area (TPSA) is 73.1 Å². The van der Waals surface area contributed by atoms with Crippen LogP contribution in [0.2, 0.25) is 0 Å². The van der Waals surface area contributed by atoms with E-state index in [1.165, 1.54) is 0 Å². The average molecular weight is 196 g/mol. The van der Waals surface area contributed by atoms with Crippen LogP contribution in [-0.4, -0.2) is 15.6 Å². The van der Waals surface area contributed by atoms with Gasteiger partial charge in [-0.3, -0.25) is 0 Å². The van der Waals surface area contributed by atoms with Crippen LogP contribution in [-0.2, 0) is 0 Å². The third-order valence-corrected chi connectivity index (χ3v) is 1.37. The van der Waals surface area contributed by atoms with Gasteiger partial charge in [-0.15, -0.1) is 0 Å². The highest BCUT2D eigenvalue weighted by Crippen LogP contribution is 2.17. The SMILES string of the molecule is Cc1nc(NN)cc(OC(C)(C)C)n1. The standard InChI is InChI=1S/C9H16N4O/c1-6-11-7(13-10)5-8(12-6)14-9(2,3)4/h5H,10H2,1-4H3,(H,11,12,13). The quantitative estimate of drug-likeness (QED) is 0.550. The molecule has 5 nitrogen and oxygen atoms in total. The molecule has 1 aromatic rings. The maximum atomic E-state index is 5.58. The Balaban J connectivity index is 2.92. The van der Waals surface area contributed by atoms with Crippen molar-refractivity contribution in [2.24, 2.45) is 5.84 Å². The predicted octanol–water partition coefficient (Wildman–Crippen LogP) is 1.25. The Bertz CT molecular complexity index is 319. The van der Waals surface area contributed by atoms with Crippen molar-refractivity contribution >= 4 is 5.82 Å². The number of nitrogens with two attached hydrogens (primary N) is 1. The third-order valence-electron chi connectivity index (χ3n) is 1.37. The van der Waals surface area contributed by atoms with Crippen LogP contribution in [0.1, 0.15) is 26.6 Å². The summed E-state index contributed by atoms with van der Waals surface area (Å²) in [6.07, 6.45) is 0. The molecule has 0 aliphatic carbocycles. The highest BCUT2D eigenvalue weighted by Gasteiger charge is 2.13. The molecule has 0 aromatic carbocycles. The molecular formula is C9H16N4O. The van der Waals surface area contributed by atoms with Crippen molar-refractivity contribution in [3.8, 4) is 5.88 Å². The van der Waals surface area contributed by atoms with Crippen LogP contribution in [0.25, 0.3) is 0 Å². The molecule has 0 aliphatic heterocycles. The number of aromatic nitrogens is 2. The highest BCUT2D eigenvalue weighted by molar-refractivity contribution is 5.36. The van der Waals surface area contributed by atoms with Crippen LogP contribution >= 0.6 is 0 Å². The summed E-state index contributed by atoms with van der Waals surface area (Å²) in [6, 6.07) is 1.66. The number of hydrogen-bond donors (Lipinski definition) is 2. The fourth-order valence-corrected chi connectivity index (χ4v) is 0.980. The maximum absolute atomic E-state index is 5.58. The molecule has 0 atom stereocenters. The lowest BCUT2D eigenvalue weighted by molar-refractivity contribution is 0.124. The Morgan fingerprint density at radius 1 is 1.36 bits per heavy atom. The van der Waals surface area contributed by atoms with Crippen molar-refractivity contribution in [2.75, 3.05) is 5.43 Å². The lowest BCUT2D eigenvalue weighted by Gasteiger charge is -2.20. The Hall–Kier alpha value is -1.36. The van der Waals surface area contributed by atoms with Gasteiger partial charge in [0.15, 0.2) is 0 Å². The first-order chi connectivity index (χ1) is 6.40. The van der Waals surface area contributed by atoms with Gasteiger partial charge in [0.25, 0.3) is 0 Å². The second kappa shape index (κ2) is 3.79. The number of anilines is 1. The van der Waals surface area contributed by atoms with E-state index in [0.717, 1.165) is 0 Å². The summed E-state index contributed by atoms with van der Waals surface area (Å²) in [7, 11) is 0. The molecule has 0 spiro atoms. The van der Waals surface area contributed by atoms with Gasteiger partial charge >= 0.3 is 0 Å². The zero-order valence-corrected chi connectivity index (χ0v) is 8.96. The number of aryl methyl sites for hydroxylation is 1. The molecule has 0 aliphatic rings. The molecule has 0 fully saturated rings. The smallest absolute Gasteiger partial charge is 0.219 e. The van der Waals surface area contributed by atoms with Crippen molar-refractivity contribution in [1.29, 1.82) is 0 Å². The fraction of sp³-hybridized carbons (Fsp3) is 0.556. The molecule has 0 bridgehead atoms. The molecule has 1 heterocycles. The monoisotopic (exact) mass is 196 g/mol. The van der Waals surface area contributed by atoms with E-state index in [4.69, 9.17) is 10.6 Å². The summed E-state index contributed by atoms with van der Waals surface area (Å²) in [6.45, 7) is 7.66. The van der Waals surface area contributed by atoms with Crippen molar-refractivity contribution in [3.63, 3.8) is 0 Å². The molecule has 14 heavy (non-hydrogen) atoms. The number of nitrogen functional groups attached to an aromatic ring is 1. The first kappa shape index (κ1) is 10.7. The normalized spacial score (nSPS) is 11.2. The van der Waals surface area contributed by atoms with Crippen molar-refractivity contribution in [2.45, 2.75) is 33.3 Å². The molecule has 0 saturated heterocycles. The molecular weight excluding hydrogens is 180 g/mol. The van der Waals surface area contributed by atoms with Gasteiger partial charge in [-0.05, 0) is 27.7 Å². The van der Waals surface area contributed by atoms with Gasteiger partial charge in [-0.25, -0.2) is 10.8 Å².